The van der Waals surface area contributed by atoms with Gasteiger partial charge in [0, 0.05) is 14.6 Å². The molecule has 0 aliphatic carbocycles. The highest BCUT2D eigenvalue weighted by Crippen LogP contribution is 2.34. The lowest BCUT2D eigenvalue weighted by Gasteiger charge is -1.91. The van der Waals surface area contributed by atoms with E-state index in [1.54, 1.807) is 0 Å². The normalized spacial score (nSPS) is 10.5. The van der Waals surface area contributed by atoms with Crippen LogP contribution in [0, 0.1) is 13.8 Å². The van der Waals surface area contributed by atoms with E-state index in [0.29, 0.717) is 0 Å². The van der Waals surface area contributed by atoms with Gasteiger partial charge in [-0.1, -0.05) is 6.07 Å². The van der Waals surface area contributed by atoms with E-state index in [4.69, 9.17) is 0 Å². The molecule has 62 valence electrons. The molecule has 0 saturated carbocycles. The van der Waals surface area contributed by atoms with Crippen molar-refractivity contribution < 1.29 is 0 Å². The summed E-state index contributed by atoms with van der Waals surface area (Å²) in [5.74, 6) is 0. The molecule has 2 heteroatoms. The van der Waals surface area contributed by atoms with Gasteiger partial charge in [0.2, 0.25) is 0 Å². The summed E-state index contributed by atoms with van der Waals surface area (Å²) in [7, 11) is 0. The van der Waals surface area contributed by atoms with Crippen LogP contribution in [0.4, 0.5) is 0 Å². The summed E-state index contributed by atoms with van der Waals surface area (Å²) in [5.41, 5.74) is 1.40. The molecule has 0 aliphatic rings. The molecule has 0 N–H and O–H groups in total. The monoisotopic (exact) mass is 194 g/mol. The highest BCUT2D eigenvalue weighted by molar-refractivity contribution is 7.21. The lowest BCUT2D eigenvalue weighted by Crippen LogP contribution is -1.66. The van der Waals surface area contributed by atoms with Crippen LogP contribution >= 0.6 is 22.7 Å². The van der Waals surface area contributed by atoms with Crippen molar-refractivity contribution in [2.45, 2.75) is 13.8 Å². The van der Waals surface area contributed by atoms with E-state index in [-0.39, 0.29) is 0 Å². The van der Waals surface area contributed by atoms with E-state index in [2.05, 4.69) is 37.4 Å². The van der Waals surface area contributed by atoms with Crippen LogP contribution in [-0.2, 0) is 0 Å². The highest BCUT2D eigenvalue weighted by atomic mass is 32.1. The Hall–Kier alpha value is -0.600. The molecule has 0 unspecified atom stereocenters. The molecule has 0 fully saturated rings. The van der Waals surface area contributed by atoms with Crippen molar-refractivity contribution in [1.29, 1.82) is 0 Å². The maximum atomic E-state index is 2.25. The largest absolute Gasteiger partial charge is 0.143 e. The third-order valence-corrected chi connectivity index (χ3v) is 3.99. The van der Waals surface area contributed by atoms with Crippen LogP contribution in [0.2, 0.25) is 0 Å². The second-order valence-corrected chi connectivity index (χ2v) is 5.05. The maximum Gasteiger partial charge on any atom is 0.0474 e. The minimum absolute atomic E-state index is 1.39. The Morgan fingerprint density at radius 1 is 1.25 bits per heavy atom. The predicted molar refractivity (Wildman–Crippen MR) is 57.1 cm³/mol. The smallest absolute Gasteiger partial charge is 0.0474 e. The minimum atomic E-state index is 1.39. The standard InChI is InChI=1S/C10H10S2/c1-7-6-8(2)12-10(7)9-4-3-5-11-9/h3-6H,1-2H3. The van der Waals surface area contributed by atoms with Crippen LogP contribution in [0.5, 0.6) is 0 Å². The fourth-order valence-corrected chi connectivity index (χ4v) is 3.24. The molecule has 0 aromatic carbocycles. The number of hydrogen-bond acceptors (Lipinski definition) is 2. The molecule has 2 rings (SSSR count). The van der Waals surface area contributed by atoms with E-state index in [1.807, 2.05) is 22.7 Å². The van der Waals surface area contributed by atoms with E-state index in [1.165, 1.54) is 20.2 Å². The molecule has 0 aliphatic heterocycles. The Balaban J connectivity index is 2.54. The zero-order valence-electron chi connectivity index (χ0n) is 7.13. The summed E-state index contributed by atoms with van der Waals surface area (Å²) < 4.78 is 0. The highest BCUT2D eigenvalue weighted by Gasteiger charge is 2.05. The Morgan fingerprint density at radius 2 is 2.08 bits per heavy atom. The first-order valence-corrected chi connectivity index (χ1v) is 5.58. The molecular formula is C10H10S2. The molecule has 0 atom stereocenters. The van der Waals surface area contributed by atoms with Crippen molar-refractivity contribution in [2.24, 2.45) is 0 Å². The predicted octanol–water partition coefficient (Wildman–Crippen LogP) is 4.09. The van der Waals surface area contributed by atoms with Crippen LogP contribution in [0.3, 0.4) is 0 Å². The fourth-order valence-electron chi connectivity index (χ4n) is 1.29. The van der Waals surface area contributed by atoms with Gasteiger partial charge in [0.25, 0.3) is 0 Å². The minimum Gasteiger partial charge on any atom is -0.143 e. The average molecular weight is 194 g/mol. The van der Waals surface area contributed by atoms with Crippen LogP contribution in [-0.4, -0.2) is 0 Å². The molecule has 0 nitrogen and oxygen atoms in total. The van der Waals surface area contributed by atoms with Gasteiger partial charge in [-0.15, -0.1) is 22.7 Å². The fraction of sp³-hybridized carbons (Fsp3) is 0.200. The third-order valence-electron chi connectivity index (χ3n) is 1.79. The molecule has 2 aromatic rings. The van der Waals surface area contributed by atoms with Gasteiger partial charge in [-0.3, -0.25) is 0 Å². The van der Waals surface area contributed by atoms with Crippen LogP contribution in [0.25, 0.3) is 9.75 Å². The maximum absolute atomic E-state index is 2.25. The first-order valence-electron chi connectivity index (χ1n) is 3.88. The van der Waals surface area contributed by atoms with Gasteiger partial charge in [0.05, 0.1) is 0 Å². The molecule has 2 heterocycles. The zero-order valence-corrected chi connectivity index (χ0v) is 8.76. The summed E-state index contributed by atoms with van der Waals surface area (Å²) in [4.78, 5) is 4.23. The van der Waals surface area contributed by atoms with Crippen molar-refractivity contribution >= 4 is 22.7 Å². The lowest BCUT2D eigenvalue weighted by molar-refractivity contribution is 1.51. The van der Waals surface area contributed by atoms with Gasteiger partial charge in [0.1, 0.15) is 0 Å². The molecule has 0 bridgehead atoms. The summed E-state index contributed by atoms with van der Waals surface area (Å²) in [5, 5.41) is 2.13. The summed E-state index contributed by atoms with van der Waals surface area (Å²) in [6, 6.07) is 6.54. The first kappa shape index (κ1) is 8.02. The van der Waals surface area contributed by atoms with Crippen molar-refractivity contribution in [3.63, 3.8) is 0 Å². The first-order chi connectivity index (χ1) is 5.77. The molecule has 12 heavy (non-hydrogen) atoms. The van der Waals surface area contributed by atoms with Crippen molar-refractivity contribution in [3.8, 4) is 9.75 Å². The van der Waals surface area contributed by atoms with Gasteiger partial charge in [-0.25, -0.2) is 0 Å². The van der Waals surface area contributed by atoms with Crippen LogP contribution in [0.1, 0.15) is 10.4 Å². The van der Waals surface area contributed by atoms with Crippen LogP contribution in [0.15, 0.2) is 23.6 Å². The molecular weight excluding hydrogens is 184 g/mol. The molecule has 0 spiro atoms. The Morgan fingerprint density at radius 3 is 2.58 bits per heavy atom. The van der Waals surface area contributed by atoms with Crippen molar-refractivity contribution in [1.82, 2.24) is 0 Å². The molecule has 2 aromatic heterocycles. The van der Waals surface area contributed by atoms with E-state index in [0.717, 1.165) is 0 Å². The van der Waals surface area contributed by atoms with E-state index >= 15 is 0 Å². The van der Waals surface area contributed by atoms with Gasteiger partial charge in [-0.2, -0.15) is 0 Å². The van der Waals surface area contributed by atoms with Crippen molar-refractivity contribution in [3.05, 3.63) is 34.0 Å². The lowest BCUT2D eigenvalue weighted by atomic mass is 10.2. The quantitative estimate of drug-likeness (QED) is 0.641. The summed E-state index contributed by atoms with van der Waals surface area (Å²) in [6.07, 6.45) is 0. The SMILES string of the molecule is Cc1cc(C)c(-c2cccs2)s1. The second-order valence-electron chi connectivity index (χ2n) is 2.85. The Bertz CT molecular complexity index is 368. The molecule has 0 radical (unpaired) electrons. The van der Waals surface area contributed by atoms with Gasteiger partial charge < -0.3 is 0 Å². The van der Waals surface area contributed by atoms with Crippen molar-refractivity contribution in [2.75, 3.05) is 0 Å². The topological polar surface area (TPSA) is 0 Å². The number of aryl methyl sites for hydroxylation is 2. The molecule has 0 saturated heterocycles. The zero-order chi connectivity index (χ0) is 8.55. The average Bonchev–Trinajstić information content (AvgIpc) is 2.58. The summed E-state index contributed by atoms with van der Waals surface area (Å²) >= 11 is 3.70. The van der Waals surface area contributed by atoms with E-state index < -0.39 is 0 Å². The van der Waals surface area contributed by atoms with Gasteiger partial charge >= 0.3 is 0 Å². The number of thiophene rings is 2. The summed E-state index contributed by atoms with van der Waals surface area (Å²) in [6.45, 7) is 4.34. The van der Waals surface area contributed by atoms with Gasteiger partial charge in [-0.05, 0) is 36.9 Å². The van der Waals surface area contributed by atoms with E-state index in [9.17, 15) is 0 Å². The van der Waals surface area contributed by atoms with Crippen LogP contribution < -0.4 is 0 Å². The Kier molecular flexibility index (Phi) is 2.03. The van der Waals surface area contributed by atoms with Gasteiger partial charge in [0.15, 0.2) is 0 Å². The number of rotatable bonds is 1. The Labute approximate surface area is 80.5 Å². The third kappa shape index (κ3) is 1.32. The second kappa shape index (κ2) is 3.04. The number of hydrogen-bond donors (Lipinski definition) is 0. The molecule has 0 amide bonds.